The topological polar surface area (TPSA) is 105 Å². The lowest BCUT2D eigenvalue weighted by molar-refractivity contribution is -0.139. The molecule has 1 unspecified atom stereocenters. The molecule has 90 valence electrons. The molecule has 1 fully saturated rings. The molecule has 0 bridgehead atoms. The Balaban J connectivity index is 2.10. The molecule has 0 aromatic carbocycles. The van der Waals surface area contributed by atoms with Gasteiger partial charge < -0.3 is 16.2 Å². The Morgan fingerprint density at radius 2 is 2.24 bits per heavy atom. The maximum Gasteiger partial charge on any atom is 0.326 e. The van der Waals surface area contributed by atoms with Crippen LogP contribution >= 0.6 is 0 Å². The molecule has 17 heavy (non-hydrogen) atoms. The highest BCUT2D eigenvalue weighted by Gasteiger charge is 2.37. The number of carboxylic acids is 1. The van der Waals surface area contributed by atoms with Gasteiger partial charge in [0.15, 0.2) is 5.69 Å². The molecule has 2 rings (SSSR count). The van der Waals surface area contributed by atoms with Crippen LogP contribution in [0.5, 0.6) is 0 Å². The number of rotatable bonds is 4. The van der Waals surface area contributed by atoms with Crippen molar-refractivity contribution in [3.63, 3.8) is 0 Å². The molecular weight excluding hydrogens is 222 g/mol. The second-order valence-corrected chi connectivity index (χ2v) is 4.07. The fraction of sp³-hybridized carbons (Fsp3) is 0.364. The van der Waals surface area contributed by atoms with E-state index in [2.05, 4.69) is 10.3 Å². The van der Waals surface area contributed by atoms with Crippen LogP contribution in [0.25, 0.3) is 0 Å². The Hall–Kier alpha value is -2.11. The Kier molecular flexibility index (Phi) is 2.95. The molecule has 1 atom stereocenters. The van der Waals surface area contributed by atoms with Crippen LogP contribution in [0.2, 0.25) is 0 Å². The molecule has 4 N–H and O–H groups in total. The molecule has 1 saturated carbocycles. The fourth-order valence-electron chi connectivity index (χ4n) is 1.63. The third-order valence-corrected chi connectivity index (χ3v) is 2.70. The van der Waals surface area contributed by atoms with Gasteiger partial charge in [0, 0.05) is 6.20 Å². The number of carbonyl (C=O) groups is 2. The SMILES string of the molecule is Nc1cccnc1C(=O)NC(C(=O)O)C1CC1. The van der Waals surface area contributed by atoms with Gasteiger partial charge in [-0.2, -0.15) is 0 Å². The number of nitrogens with one attached hydrogen (secondary N) is 1. The predicted octanol–water partition coefficient (Wildman–Crippen LogP) is 0.257. The first-order valence-corrected chi connectivity index (χ1v) is 5.33. The van der Waals surface area contributed by atoms with E-state index in [0.717, 1.165) is 12.8 Å². The average molecular weight is 235 g/mol. The number of nitrogens with two attached hydrogens (primary N) is 1. The summed E-state index contributed by atoms with van der Waals surface area (Å²) in [6.07, 6.45) is 3.10. The van der Waals surface area contributed by atoms with Crippen LogP contribution in [0.15, 0.2) is 18.3 Å². The molecule has 1 aliphatic carbocycles. The van der Waals surface area contributed by atoms with E-state index in [1.807, 2.05) is 0 Å². The standard InChI is InChI=1S/C11H13N3O3/c12-7-2-1-5-13-9(7)10(15)14-8(11(16)17)6-3-4-6/h1-2,5-6,8H,3-4,12H2,(H,14,15)(H,16,17). The maximum absolute atomic E-state index is 11.8. The van der Waals surface area contributed by atoms with Crippen molar-refractivity contribution in [3.8, 4) is 0 Å². The van der Waals surface area contributed by atoms with Gasteiger partial charge in [-0.3, -0.25) is 4.79 Å². The maximum atomic E-state index is 11.8. The summed E-state index contributed by atoms with van der Waals surface area (Å²) in [5.74, 6) is -1.53. The normalized spacial score (nSPS) is 16.2. The van der Waals surface area contributed by atoms with Crippen LogP contribution in [0.3, 0.4) is 0 Å². The number of aromatic nitrogens is 1. The summed E-state index contributed by atoms with van der Waals surface area (Å²) in [4.78, 5) is 26.6. The zero-order valence-corrected chi connectivity index (χ0v) is 9.09. The van der Waals surface area contributed by atoms with Crippen LogP contribution in [0, 0.1) is 5.92 Å². The van der Waals surface area contributed by atoms with E-state index in [9.17, 15) is 9.59 Å². The van der Waals surface area contributed by atoms with Gasteiger partial charge in [0.1, 0.15) is 6.04 Å². The van der Waals surface area contributed by atoms with Crippen LogP contribution in [-0.4, -0.2) is 28.0 Å². The van der Waals surface area contributed by atoms with Crippen LogP contribution < -0.4 is 11.1 Å². The van der Waals surface area contributed by atoms with E-state index in [4.69, 9.17) is 10.8 Å². The second kappa shape index (κ2) is 4.40. The minimum absolute atomic E-state index is 0.0291. The van der Waals surface area contributed by atoms with Crippen molar-refractivity contribution in [3.05, 3.63) is 24.0 Å². The first-order valence-electron chi connectivity index (χ1n) is 5.33. The number of pyridine rings is 1. The first-order chi connectivity index (χ1) is 8.09. The summed E-state index contributed by atoms with van der Waals surface area (Å²) in [7, 11) is 0. The summed E-state index contributed by atoms with van der Waals surface area (Å²) >= 11 is 0. The van der Waals surface area contributed by atoms with Gasteiger partial charge in [-0.15, -0.1) is 0 Å². The summed E-state index contributed by atoms with van der Waals surface area (Å²) in [5, 5.41) is 11.4. The molecule has 6 nitrogen and oxygen atoms in total. The molecule has 1 aliphatic rings. The van der Waals surface area contributed by atoms with Crippen molar-refractivity contribution in [2.45, 2.75) is 18.9 Å². The molecule has 6 heteroatoms. The van der Waals surface area contributed by atoms with Crippen LogP contribution in [0.4, 0.5) is 5.69 Å². The number of amides is 1. The van der Waals surface area contributed by atoms with Gasteiger partial charge in [-0.05, 0) is 30.9 Å². The highest BCUT2D eigenvalue weighted by atomic mass is 16.4. The molecule has 1 aromatic heterocycles. The number of nitrogen functional groups attached to an aromatic ring is 1. The van der Waals surface area contributed by atoms with E-state index < -0.39 is 17.9 Å². The van der Waals surface area contributed by atoms with E-state index in [0.29, 0.717) is 0 Å². The van der Waals surface area contributed by atoms with Gasteiger partial charge in [0.25, 0.3) is 5.91 Å². The fourth-order valence-corrected chi connectivity index (χ4v) is 1.63. The van der Waals surface area contributed by atoms with E-state index in [1.54, 1.807) is 12.1 Å². The lowest BCUT2D eigenvalue weighted by Crippen LogP contribution is -2.42. The van der Waals surface area contributed by atoms with Crippen molar-refractivity contribution >= 4 is 17.6 Å². The summed E-state index contributed by atoms with van der Waals surface area (Å²) in [5.41, 5.74) is 5.90. The van der Waals surface area contributed by atoms with E-state index in [1.165, 1.54) is 6.20 Å². The monoisotopic (exact) mass is 235 g/mol. The van der Waals surface area contributed by atoms with Gasteiger partial charge in [0.05, 0.1) is 5.69 Å². The number of nitrogens with zero attached hydrogens (tertiary/aromatic N) is 1. The molecule has 0 saturated heterocycles. The molecule has 0 radical (unpaired) electrons. The first kappa shape index (κ1) is 11.4. The minimum Gasteiger partial charge on any atom is -0.480 e. The highest BCUT2D eigenvalue weighted by Crippen LogP contribution is 2.32. The lowest BCUT2D eigenvalue weighted by Gasteiger charge is -2.13. The molecular formula is C11H13N3O3. The van der Waals surface area contributed by atoms with Gasteiger partial charge in [-0.25, -0.2) is 9.78 Å². The summed E-state index contributed by atoms with van der Waals surface area (Å²) < 4.78 is 0. The van der Waals surface area contributed by atoms with Crippen LogP contribution in [0.1, 0.15) is 23.3 Å². The second-order valence-electron chi connectivity index (χ2n) is 4.07. The summed E-state index contributed by atoms with van der Waals surface area (Å²) in [6, 6.07) is 2.32. The van der Waals surface area contributed by atoms with Gasteiger partial charge in [-0.1, -0.05) is 0 Å². The zero-order valence-electron chi connectivity index (χ0n) is 9.09. The third-order valence-electron chi connectivity index (χ3n) is 2.70. The van der Waals surface area contributed by atoms with Gasteiger partial charge >= 0.3 is 5.97 Å². The summed E-state index contributed by atoms with van der Waals surface area (Å²) in [6.45, 7) is 0. The largest absolute Gasteiger partial charge is 0.480 e. The molecule has 1 aromatic rings. The molecule has 1 amide bonds. The van der Waals surface area contributed by atoms with Crippen molar-refractivity contribution in [2.75, 3.05) is 5.73 Å². The highest BCUT2D eigenvalue weighted by molar-refractivity contribution is 5.99. The molecule has 0 spiro atoms. The van der Waals surface area contributed by atoms with E-state index in [-0.39, 0.29) is 17.3 Å². The minimum atomic E-state index is -1.02. The van der Waals surface area contributed by atoms with Crippen molar-refractivity contribution in [1.82, 2.24) is 10.3 Å². The molecule has 0 aliphatic heterocycles. The Morgan fingerprint density at radius 1 is 1.53 bits per heavy atom. The van der Waals surface area contributed by atoms with Gasteiger partial charge in [0.2, 0.25) is 0 Å². The average Bonchev–Trinajstić information content (AvgIpc) is 3.09. The lowest BCUT2D eigenvalue weighted by atomic mass is 10.1. The smallest absolute Gasteiger partial charge is 0.326 e. The number of anilines is 1. The zero-order chi connectivity index (χ0) is 12.4. The Bertz CT molecular complexity index is 457. The Morgan fingerprint density at radius 3 is 2.76 bits per heavy atom. The number of carbonyl (C=O) groups excluding carboxylic acids is 1. The van der Waals surface area contributed by atoms with Crippen LogP contribution in [-0.2, 0) is 4.79 Å². The molecule has 1 heterocycles. The Labute approximate surface area is 97.8 Å². The number of aliphatic carboxylic acids is 1. The third kappa shape index (κ3) is 2.52. The van der Waals surface area contributed by atoms with Crippen molar-refractivity contribution < 1.29 is 14.7 Å². The van der Waals surface area contributed by atoms with Crippen molar-refractivity contribution in [2.24, 2.45) is 5.92 Å². The number of hydrogen-bond acceptors (Lipinski definition) is 4. The number of carboxylic acid groups (broad SMARTS) is 1. The van der Waals surface area contributed by atoms with E-state index >= 15 is 0 Å². The quantitative estimate of drug-likeness (QED) is 0.694. The predicted molar refractivity (Wildman–Crippen MR) is 60.3 cm³/mol. The van der Waals surface area contributed by atoms with Crippen molar-refractivity contribution in [1.29, 1.82) is 0 Å². The number of hydrogen-bond donors (Lipinski definition) is 3.